The van der Waals surface area contributed by atoms with E-state index in [0.717, 1.165) is 18.8 Å². The number of Topliss-reactive ketones (excluding diaryl/α,β-unsaturated/α-hetero) is 1. The van der Waals surface area contributed by atoms with Gasteiger partial charge in [-0.3, -0.25) is 9.59 Å². The molecule has 1 N–H and O–H groups in total. The molecule has 200 valence electrons. The summed E-state index contributed by atoms with van der Waals surface area (Å²) in [5.74, 6) is -0.821. The van der Waals surface area contributed by atoms with Gasteiger partial charge in [0.05, 0.1) is 49.0 Å². The summed E-state index contributed by atoms with van der Waals surface area (Å²) in [5, 5.41) is 16.0. The largest absolute Gasteiger partial charge is 0.507 e. The summed E-state index contributed by atoms with van der Waals surface area (Å²) >= 11 is 0. The minimum absolute atomic E-state index is 0.00295. The SMILES string of the molecule is CCN(CC)CCN1C(=O)C(=O)/C(=C(/O)c2cnn(-c3ccccc3)c2C)C1c1cccc(OC)c1OC. The maximum Gasteiger partial charge on any atom is 0.295 e. The Labute approximate surface area is 222 Å². The zero-order valence-electron chi connectivity index (χ0n) is 22.5. The van der Waals surface area contributed by atoms with E-state index in [1.807, 2.05) is 51.1 Å². The number of carbonyl (C=O) groups excluding carboxylic acids is 2. The van der Waals surface area contributed by atoms with Crippen LogP contribution in [-0.2, 0) is 9.59 Å². The van der Waals surface area contributed by atoms with E-state index in [9.17, 15) is 14.7 Å². The molecule has 1 unspecified atom stereocenters. The minimum atomic E-state index is -0.866. The van der Waals surface area contributed by atoms with E-state index in [1.54, 1.807) is 22.9 Å². The number of aromatic nitrogens is 2. The van der Waals surface area contributed by atoms with E-state index in [4.69, 9.17) is 9.47 Å². The lowest BCUT2D eigenvalue weighted by atomic mass is 9.94. The number of ether oxygens (including phenoxy) is 2. The van der Waals surface area contributed by atoms with Gasteiger partial charge in [-0.25, -0.2) is 4.68 Å². The van der Waals surface area contributed by atoms with Crippen LogP contribution in [0.4, 0.5) is 0 Å². The van der Waals surface area contributed by atoms with Crippen molar-refractivity contribution in [2.75, 3.05) is 40.4 Å². The molecule has 2 aromatic carbocycles. The lowest BCUT2D eigenvalue weighted by Gasteiger charge is -2.29. The van der Waals surface area contributed by atoms with E-state index in [1.165, 1.54) is 25.3 Å². The molecule has 9 heteroatoms. The van der Waals surface area contributed by atoms with E-state index in [0.29, 0.717) is 41.4 Å². The van der Waals surface area contributed by atoms with Crippen molar-refractivity contribution >= 4 is 17.4 Å². The number of rotatable bonds is 10. The van der Waals surface area contributed by atoms with Gasteiger partial charge in [0.2, 0.25) is 0 Å². The molecule has 2 heterocycles. The molecule has 3 aromatic rings. The summed E-state index contributed by atoms with van der Waals surface area (Å²) in [5.41, 5.74) is 2.38. The highest BCUT2D eigenvalue weighted by Crippen LogP contribution is 2.45. The van der Waals surface area contributed by atoms with Gasteiger partial charge >= 0.3 is 0 Å². The molecule has 1 aliphatic heterocycles. The maximum atomic E-state index is 13.5. The van der Waals surface area contributed by atoms with Gasteiger partial charge in [-0.15, -0.1) is 0 Å². The average Bonchev–Trinajstić information content (AvgIpc) is 3.45. The average molecular weight is 519 g/mol. The summed E-state index contributed by atoms with van der Waals surface area (Å²) in [6.45, 7) is 8.41. The second-order valence-corrected chi connectivity index (χ2v) is 8.99. The summed E-state index contributed by atoms with van der Waals surface area (Å²) in [4.78, 5) is 30.6. The summed E-state index contributed by atoms with van der Waals surface area (Å²) < 4.78 is 12.9. The van der Waals surface area contributed by atoms with Crippen LogP contribution in [0.3, 0.4) is 0 Å². The first-order chi connectivity index (χ1) is 18.4. The lowest BCUT2D eigenvalue weighted by Crippen LogP contribution is -2.38. The summed E-state index contributed by atoms with van der Waals surface area (Å²) in [6.07, 6.45) is 1.51. The Bertz CT molecular complexity index is 1340. The Morgan fingerprint density at radius 2 is 1.74 bits per heavy atom. The molecular formula is C29H34N4O5. The van der Waals surface area contributed by atoms with Crippen molar-refractivity contribution in [1.82, 2.24) is 19.6 Å². The Balaban J connectivity index is 1.89. The molecule has 1 fully saturated rings. The fraction of sp³-hybridized carbons (Fsp3) is 0.345. The number of aliphatic hydroxyl groups is 1. The van der Waals surface area contributed by atoms with Crippen LogP contribution in [0.15, 0.2) is 60.3 Å². The van der Waals surface area contributed by atoms with Crippen molar-refractivity contribution in [3.8, 4) is 17.2 Å². The normalized spacial score (nSPS) is 16.9. The van der Waals surface area contributed by atoms with Crippen LogP contribution in [0.1, 0.15) is 36.7 Å². The molecule has 1 aromatic heterocycles. The lowest BCUT2D eigenvalue weighted by molar-refractivity contribution is -0.140. The Morgan fingerprint density at radius 1 is 1.03 bits per heavy atom. The zero-order valence-corrected chi connectivity index (χ0v) is 22.5. The number of aliphatic hydroxyl groups excluding tert-OH is 1. The van der Waals surface area contributed by atoms with Crippen molar-refractivity contribution < 1.29 is 24.2 Å². The fourth-order valence-corrected chi connectivity index (χ4v) is 4.97. The van der Waals surface area contributed by atoms with E-state index in [-0.39, 0.29) is 11.3 Å². The molecule has 0 radical (unpaired) electrons. The number of likely N-dealkylation sites (N-methyl/N-ethyl adjacent to an activating group) is 1. The van der Waals surface area contributed by atoms with Crippen LogP contribution in [-0.4, -0.2) is 76.8 Å². The number of carbonyl (C=O) groups is 2. The molecular weight excluding hydrogens is 484 g/mol. The van der Waals surface area contributed by atoms with Crippen molar-refractivity contribution in [1.29, 1.82) is 0 Å². The van der Waals surface area contributed by atoms with Crippen LogP contribution in [0.2, 0.25) is 0 Å². The number of ketones is 1. The van der Waals surface area contributed by atoms with Crippen LogP contribution in [0, 0.1) is 6.92 Å². The van der Waals surface area contributed by atoms with Crippen LogP contribution in [0.25, 0.3) is 11.4 Å². The zero-order chi connectivity index (χ0) is 27.4. The number of benzene rings is 2. The quantitative estimate of drug-likeness (QED) is 0.247. The molecule has 4 rings (SSSR count). The van der Waals surface area contributed by atoms with E-state index in [2.05, 4.69) is 10.00 Å². The molecule has 1 atom stereocenters. The molecule has 0 saturated carbocycles. The highest BCUT2D eigenvalue weighted by molar-refractivity contribution is 6.46. The number of methoxy groups -OCH3 is 2. The molecule has 38 heavy (non-hydrogen) atoms. The second kappa shape index (κ2) is 11.5. The third-order valence-electron chi connectivity index (χ3n) is 7.09. The van der Waals surface area contributed by atoms with Gasteiger partial charge < -0.3 is 24.4 Å². The first kappa shape index (κ1) is 26.9. The van der Waals surface area contributed by atoms with Crippen LogP contribution >= 0.6 is 0 Å². The number of amides is 1. The van der Waals surface area contributed by atoms with E-state index < -0.39 is 17.7 Å². The molecule has 0 aliphatic carbocycles. The molecule has 0 spiro atoms. The van der Waals surface area contributed by atoms with Crippen molar-refractivity contribution in [3.63, 3.8) is 0 Å². The fourth-order valence-electron chi connectivity index (χ4n) is 4.97. The first-order valence-electron chi connectivity index (χ1n) is 12.7. The molecule has 0 bridgehead atoms. The molecule has 1 aliphatic rings. The molecule has 1 saturated heterocycles. The smallest absolute Gasteiger partial charge is 0.295 e. The minimum Gasteiger partial charge on any atom is -0.507 e. The number of nitrogens with zero attached hydrogens (tertiary/aromatic N) is 4. The predicted octanol–water partition coefficient (Wildman–Crippen LogP) is 3.96. The van der Waals surface area contributed by atoms with Crippen molar-refractivity contribution in [3.05, 3.63) is 77.1 Å². The van der Waals surface area contributed by atoms with Crippen molar-refractivity contribution in [2.24, 2.45) is 0 Å². The van der Waals surface area contributed by atoms with Crippen molar-refractivity contribution in [2.45, 2.75) is 26.8 Å². The third-order valence-corrected chi connectivity index (χ3v) is 7.09. The van der Waals surface area contributed by atoms with Gasteiger partial charge in [0.25, 0.3) is 11.7 Å². The Morgan fingerprint density at radius 3 is 2.37 bits per heavy atom. The standard InChI is InChI=1S/C29H34N4O5/c1-6-31(7-2)16-17-32-25(21-14-11-15-23(37-4)28(21)38-5)24(27(35)29(32)36)26(34)22-18-30-33(19(22)3)20-12-9-8-10-13-20/h8-15,18,25,34H,6-7,16-17H2,1-5H3/b26-24+. The topological polar surface area (TPSA) is 97.1 Å². The highest BCUT2D eigenvalue weighted by Gasteiger charge is 2.47. The number of hydrogen-bond donors (Lipinski definition) is 1. The van der Waals surface area contributed by atoms with Gasteiger partial charge in [0.1, 0.15) is 5.76 Å². The van der Waals surface area contributed by atoms with Gasteiger partial charge in [0, 0.05) is 18.7 Å². The number of likely N-dealkylation sites (tertiary alicyclic amines) is 1. The van der Waals surface area contributed by atoms with Crippen LogP contribution in [0.5, 0.6) is 11.5 Å². The second-order valence-electron chi connectivity index (χ2n) is 8.99. The van der Waals surface area contributed by atoms with Gasteiger partial charge in [-0.05, 0) is 38.2 Å². The maximum absolute atomic E-state index is 13.5. The third kappa shape index (κ3) is 4.77. The van der Waals surface area contributed by atoms with Gasteiger partial charge in [-0.2, -0.15) is 5.10 Å². The molecule has 1 amide bonds. The number of hydrogen-bond acceptors (Lipinski definition) is 7. The summed E-state index contributed by atoms with van der Waals surface area (Å²) in [7, 11) is 3.04. The first-order valence-corrected chi connectivity index (χ1v) is 12.7. The van der Waals surface area contributed by atoms with Crippen LogP contribution < -0.4 is 9.47 Å². The predicted molar refractivity (Wildman–Crippen MR) is 145 cm³/mol. The highest BCUT2D eigenvalue weighted by atomic mass is 16.5. The monoisotopic (exact) mass is 518 g/mol. The summed E-state index contributed by atoms with van der Waals surface area (Å²) in [6, 6.07) is 13.9. The Kier molecular flexibility index (Phi) is 8.16. The molecule has 9 nitrogen and oxygen atoms in total. The van der Waals surface area contributed by atoms with Gasteiger partial charge in [-0.1, -0.05) is 44.2 Å². The van der Waals surface area contributed by atoms with E-state index >= 15 is 0 Å². The van der Waals surface area contributed by atoms with Gasteiger partial charge in [0.15, 0.2) is 11.5 Å². The number of para-hydroxylation sites is 2. The Hall–Kier alpha value is -4.11.